The van der Waals surface area contributed by atoms with E-state index in [4.69, 9.17) is 17.2 Å². The quantitative estimate of drug-likeness (QED) is 0.503. The summed E-state index contributed by atoms with van der Waals surface area (Å²) in [5, 5.41) is 0. The lowest BCUT2D eigenvalue weighted by molar-refractivity contribution is 0.213. The van der Waals surface area contributed by atoms with Gasteiger partial charge in [0.2, 0.25) is 0 Å². The summed E-state index contributed by atoms with van der Waals surface area (Å²) in [5.41, 5.74) is 17.9. The Balaban J connectivity index is 4.20. The Morgan fingerprint density at radius 2 is 1.32 bits per heavy atom. The molecule has 0 aliphatic rings. The lowest BCUT2D eigenvalue weighted by Gasteiger charge is -2.28. The number of hydrogen-bond acceptors (Lipinski definition) is 4. The van der Waals surface area contributed by atoms with Gasteiger partial charge in [0.15, 0.2) is 0 Å². The highest BCUT2D eigenvalue weighted by molar-refractivity contribution is 4.71. The molecule has 0 aliphatic heterocycles. The maximum atomic E-state index is 6.02. The van der Waals surface area contributed by atoms with Crippen LogP contribution in [0.5, 0.6) is 0 Å². The average molecular weight is 272 g/mol. The molecule has 0 bridgehead atoms. The Kier molecular flexibility index (Phi) is 11.6. The second-order valence-electron chi connectivity index (χ2n) is 5.72. The monoisotopic (exact) mass is 272 g/mol. The van der Waals surface area contributed by atoms with Crippen LogP contribution in [0.3, 0.4) is 0 Å². The molecule has 3 atom stereocenters. The van der Waals surface area contributed by atoms with Crippen LogP contribution in [0, 0.1) is 5.92 Å². The van der Waals surface area contributed by atoms with Crippen LogP contribution in [0.2, 0.25) is 0 Å². The Labute approximate surface area is 120 Å². The van der Waals surface area contributed by atoms with E-state index in [2.05, 4.69) is 25.7 Å². The molecule has 0 aromatic carbocycles. The lowest BCUT2D eigenvalue weighted by atomic mass is 10.0. The second kappa shape index (κ2) is 11.6. The molecule has 0 aliphatic carbocycles. The average Bonchev–Trinajstić information content (AvgIpc) is 2.45. The van der Waals surface area contributed by atoms with Crippen molar-refractivity contribution in [3.05, 3.63) is 0 Å². The van der Waals surface area contributed by atoms with Crippen molar-refractivity contribution >= 4 is 0 Å². The minimum atomic E-state index is 0.320. The van der Waals surface area contributed by atoms with Gasteiger partial charge in [-0.3, -0.25) is 0 Å². The summed E-state index contributed by atoms with van der Waals surface area (Å²) in [4.78, 5) is 2.51. The third-order valence-electron chi connectivity index (χ3n) is 4.11. The minimum Gasteiger partial charge on any atom is -0.330 e. The van der Waals surface area contributed by atoms with E-state index >= 15 is 0 Å². The van der Waals surface area contributed by atoms with Crippen LogP contribution < -0.4 is 17.2 Å². The number of nitrogens with zero attached hydrogens (tertiary/aromatic N) is 1. The van der Waals surface area contributed by atoms with E-state index in [1.54, 1.807) is 0 Å². The van der Waals surface area contributed by atoms with Crippen molar-refractivity contribution < 1.29 is 0 Å². The molecule has 6 N–H and O–H groups in total. The van der Waals surface area contributed by atoms with Crippen LogP contribution in [0.25, 0.3) is 0 Å². The summed E-state index contributed by atoms with van der Waals surface area (Å²) in [7, 11) is 0. The van der Waals surface area contributed by atoms with Crippen LogP contribution in [0.1, 0.15) is 52.9 Å². The highest BCUT2D eigenvalue weighted by Crippen LogP contribution is 2.08. The molecule has 0 amide bonds. The molecule has 4 nitrogen and oxygen atoms in total. The van der Waals surface area contributed by atoms with Gasteiger partial charge in [0.1, 0.15) is 0 Å². The van der Waals surface area contributed by atoms with E-state index < -0.39 is 0 Å². The summed E-state index contributed by atoms with van der Waals surface area (Å²) in [6.45, 7) is 10.5. The Bertz CT molecular complexity index is 181. The van der Waals surface area contributed by atoms with Gasteiger partial charge in [0.25, 0.3) is 0 Å². The molecule has 19 heavy (non-hydrogen) atoms. The first-order valence-electron chi connectivity index (χ1n) is 8.00. The Morgan fingerprint density at radius 3 is 1.63 bits per heavy atom. The zero-order chi connectivity index (χ0) is 14.7. The van der Waals surface area contributed by atoms with E-state index in [9.17, 15) is 0 Å². The highest BCUT2D eigenvalue weighted by Gasteiger charge is 2.13. The van der Waals surface area contributed by atoms with Gasteiger partial charge < -0.3 is 22.1 Å². The van der Waals surface area contributed by atoms with Gasteiger partial charge in [-0.05, 0) is 51.2 Å². The fraction of sp³-hybridized carbons (Fsp3) is 1.00. The molecule has 116 valence electrons. The van der Waals surface area contributed by atoms with Gasteiger partial charge in [0, 0.05) is 18.6 Å². The highest BCUT2D eigenvalue weighted by atomic mass is 15.1. The molecule has 0 heterocycles. The van der Waals surface area contributed by atoms with E-state index in [0.717, 1.165) is 58.3 Å². The van der Waals surface area contributed by atoms with Gasteiger partial charge in [0.05, 0.1) is 0 Å². The van der Waals surface area contributed by atoms with Crippen LogP contribution >= 0.6 is 0 Å². The lowest BCUT2D eigenvalue weighted by Crippen LogP contribution is -2.38. The smallest absolute Gasteiger partial charge is 0.00483 e. The summed E-state index contributed by atoms with van der Waals surface area (Å²) in [5.74, 6) is 0.593. The van der Waals surface area contributed by atoms with Crippen molar-refractivity contribution in [1.29, 1.82) is 0 Å². The molecule has 0 saturated carbocycles. The molecule has 0 saturated heterocycles. The minimum absolute atomic E-state index is 0.320. The maximum absolute atomic E-state index is 6.02. The van der Waals surface area contributed by atoms with Crippen molar-refractivity contribution in [2.24, 2.45) is 23.1 Å². The molecule has 0 rings (SSSR count). The maximum Gasteiger partial charge on any atom is 0.00483 e. The van der Waals surface area contributed by atoms with Gasteiger partial charge in [-0.2, -0.15) is 0 Å². The van der Waals surface area contributed by atoms with E-state index in [-0.39, 0.29) is 0 Å². The second-order valence-corrected chi connectivity index (χ2v) is 5.72. The molecule has 0 aromatic heterocycles. The third kappa shape index (κ3) is 9.38. The standard InChI is InChI=1S/C15H36N4/c1-4-13(11-16)12-19(9-7-14(17)5-2)10-8-15(18)6-3/h13-15H,4-12,16-18H2,1-3H3. The van der Waals surface area contributed by atoms with Crippen LogP contribution in [0.15, 0.2) is 0 Å². The number of nitrogens with two attached hydrogens (primary N) is 3. The number of rotatable bonds is 12. The van der Waals surface area contributed by atoms with Gasteiger partial charge in [-0.15, -0.1) is 0 Å². The Morgan fingerprint density at radius 1 is 0.842 bits per heavy atom. The topological polar surface area (TPSA) is 81.3 Å². The molecule has 4 heteroatoms. The first-order chi connectivity index (χ1) is 9.07. The molecule has 0 fully saturated rings. The van der Waals surface area contributed by atoms with Crippen LogP contribution in [0.4, 0.5) is 0 Å². The van der Waals surface area contributed by atoms with Crippen LogP contribution in [-0.2, 0) is 0 Å². The van der Waals surface area contributed by atoms with Gasteiger partial charge in [-0.1, -0.05) is 27.2 Å². The molecule has 3 unspecified atom stereocenters. The van der Waals surface area contributed by atoms with Crippen molar-refractivity contribution in [1.82, 2.24) is 4.90 Å². The summed E-state index contributed by atoms with van der Waals surface area (Å²) in [6, 6.07) is 0.639. The predicted octanol–water partition coefficient (Wildman–Crippen LogP) is 1.53. The fourth-order valence-electron chi connectivity index (χ4n) is 2.13. The summed E-state index contributed by atoms with van der Waals surface area (Å²) < 4.78 is 0. The largest absolute Gasteiger partial charge is 0.330 e. The molecular formula is C15H36N4. The molecule has 0 spiro atoms. The Hall–Kier alpha value is -0.160. The molecular weight excluding hydrogens is 236 g/mol. The van der Waals surface area contributed by atoms with Crippen molar-refractivity contribution in [2.75, 3.05) is 26.2 Å². The van der Waals surface area contributed by atoms with Crippen molar-refractivity contribution in [3.63, 3.8) is 0 Å². The first kappa shape index (κ1) is 18.8. The van der Waals surface area contributed by atoms with E-state index in [1.807, 2.05) is 0 Å². The van der Waals surface area contributed by atoms with Crippen LogP contribution in [-0.4, -0.2) is 43.2 Å². The van der Waals surface area contributed by atoms with Crippen molar-refractivity contribution in [3.8, 4) is 0 Å². The summed E-state index contributed by atoms with van der Waals surface area (Å²) in [6.07, 6.45) is 5.39. The van der Waals surface area contributed by atoms with Crippen molar-refractivity contribution in [2.45, 2.75) is 65.0 Å². The normalized spacial score (nSPS) is 16.6. The predicted molar refractivity (Wildman–Crippen MR) is 85.0 cm³/mol. The van der Waals surface area contributed by atoms with Gasteiger partial charge >= 0.3 is 0 Å². The fourth-order valence-corrected chi connectivity index (χ4v) is 2.13. The van der Waals surface area contributed by atoms with E-state index in [1.165, 1.54) is 0 Å². The van der Waals surface area contributed by atoms with Gasteiger partial charge in [-0.25, -0.2) is 0 Å². The summed E-state index contributed by atoms with van der Waals surface area (Å²) >= 11 is 0. The first-order valence-corrected chi connectivity index (χ1v) is 8.00. The molecule has 0 aromatic rings. The zero-order valence-electron chi connectivity index (χ0n) is 13.3. The van der Waals surface area contributed by atoms with E-state index in [0.29, 0.717) is 18.0 Å². The number of hydrogen-bond donors (Lipinski definition) is 3. The SMILES string of the molecule is CCC(N)CCN(CCC(N)CC)CC(CC)CN. The third-order valence-corrected chi connectivity index (χ3v) is 4.11. The molecule has 0 radical (unpaired) electrons. The zero-order valence-corrected chi connectivity index (χ0v) is 13.3.